The van der Waals surface area contributed by atoms with Gasteiger partial charge >= 0.3 is 0 Å². The van der Waals surface area contributed by atoms with Crippen molar-refractivity contribution in [3.8, 4) is 11.8 Å². The summed E-state index contributed by atoms with van der Waals surface area (Å²) in [5, 5.41) is 25.7. The lowest BCUT2D eigenvalue weighted by atomic mass is 10.1. The molecule has 3 aromatic carbocycles. The monoisotopic (exact) mass is 434 g/mol. The lowest BCUT2D eigenvalue weighted by molar-refractivity contribution is -0.255. The number of amides is 1. The summed E-state index contributed by atoms with van der Waals surface area (Å²) in [4.78, 5) is 24.0. The summed E-state index contributed by atoms with van der Waals surface area (Å²) in [5.74, 6) is -1.76. The van der Waals surface area contributed by atoms with Crippen molar-refractivity contribution < 1.29 is 14.7 Å². The number of aromatic nitrogens is 1. The van der Waals surface area contributed by atoms with E-state index in [9.17, 15) is 20.0 Å². The Morgan fingerprint density at radius 3 is 2.45 bits per heavy atom. The summed E-state index contributed by atoms with van der Waals surface area (Å²) < 4.78 is 1.87. The first kappa shape index (κ1) is 21.6. The van der Waals surface area contributed by atoms with E-state index in [-0.39, 0.29) is 11.1 Å². The topological polar surface area (TPSA) is 98.0 Å². The van der Waals surface area contributed by atoms with Crippen LogP contribution in [0.4, 0.5) is 5.69 Å². The van der Waals surface area contributed by atoms with Crippen LogP contribution in [0.1, 0.15) is 27.3 Å². The summed E-state index contributed by atoms with van der Waals surface area (Å²) in [6, 6.07) is 23.6. The molecule has 0 bridgehead atoms. The van der Waals surface area contributed by atoms with Gasteiger partial charge in [0, 0.05) is 22.8 Å². The third-order valence-electron chi connectivity index (χ3n) is 5.48. The number of hydrogen-bond donors (Lipinski definition) is 1. The van der Waals surface area contributed by atoms with E-state index in [2.05, 4.69) is 5.32 Å². The van der Waals surface area contributed by atoms with Gasteiger partial charge in [-0.15, -0.1) is 0 Å². The predicted octanol–water partition coefficient (Wildman–Crippen LogP) is 4.16. The zero-order chi connectivity index (χ0) is 23.5. The molecule has 0 aliphatic carbocycles. The number of nitriles is 1. The molecular weight excluding hydrogens is 414 g/mol. The first-order valence-corrected chi connectivity index (χ1v) is 10.3. The van der Waals surface area contributed by atoms with Gasteiger partial charge in [0.2, 0.25) is 0 Å². The zero-order valence-electron chi connectivity index (χ0n) is 18.1. The minimum Gasteiger partial charge on any atom is -0.545 e. The van der Waals surface area contributed by atoms with Gasteiger partial charge < -0.3 is 19.8 Å². The average Bonchev–Trinajstić information content (AvgIpc) is 3.09. The number of hydrogen-bond acceptors (Lipinski definition) is 4. The molecule has 0 saturated heterocycles. The van der Waals surface area contributed by atoms with Crippen LogP contribution in [0.5, 0.6) is 0 Å². The molecule has 6 nitrogen and oxygen atoms in total. The third kappa shape index (κ3) is 4.39. The normalized spacial score (nSPS) is 11.2. The van der Waals surface area contributed by atoms with Crippen molar-refractivity contribution in [1.29, 1.82) is 5.26 Å². The number of nitrogens with one attached hydrogen (secondary N) is 1. The SMILES string of the molecule is Cc1cc(/C=C(\C#N)C(=O)Nc2ccc3ccccc3c2)c(C)n1-c1cccc(C(=O)[O-])c1. The van der Waals surface area contributed by atoms with Gasteiger partial charge in [-0.1, -0.05) is 42.5 Å². The Kier molecular flexibility index (Phi) is 5.79. The van der Waals surface area contributed by atoms with E-state index in [4.69, 9.17) is 0 Å². The zero-order valence-corrected chi connectivity index (χ0v) is 18.1. The number of carboxylic acids is 1. The van der Waals surface area contributed by atoms with Crippen LogP contribution >= 0.6 is 0 Å². The van der Waals surface area contributed by atoms with Crippen molar-refractivity contribution >= 4 is 34.4 Å². The van der Waals surface area contributed by atoms with Gasteiger partial charge in [-0.25, -0.2) is 0 Å². The van der Waals surface area contributed by atoms with E-state index in [1.54, 1.807) is 18.2 Å². The maximum absolute atomic E-state index is 12.8. The van der Waals surface area contributed by atoms with Crippen molar-refractivity contribution in [2.45, 2.75) is 13.8 Å². The number of rotatable bonds is 5. The number of benzene rings is 3. The molecule has 0 aliphatic rings. The number of carbonyl (C=O) groups is 2. The Labute approximate surface area is 191 Å². The van der Waals surface area contributed by atoms with Crippen LogP contribution in [0.25, 0.3) is 22.5 Å². The van der Waals surface area contributed by atoms with Crippen molar-refractivity contribution in [2.24, 2.45) is 0 Å². The van der Waals surface area contributed by atoms with Gasteiger partial charge in [0.25, 0.3) is 5.91 Å². The number of carbonyl (C=O) groups excluding carboxylic acids is 2. The Hall–Kier alpha value is -4.63. The second-order valence-corrected chi connectivity index (χ2v) is 7.69. The Balaban J connectivity index is 1.65. The molecule has 1 aromatic heterocycles. The summed E-state index contributed by atoms with van der Waals surface area (Å²) in [6.07, 6.45) is 1.54. The first-order chi connectivity index (χ1) is 15.9. The standard InChI is InChI=1S/C27H21N3O3/c1-17-12-22(18(2)30(17)25-9-5-8-21(15-25)27(32)33)13-23(16-28)26(31)29-24-11-10-19-6-3-4-7-20(19)14-24/h3-15H,1-2H3,(H,29,31)(H,32,33)/p-1/b23-13+. The molecule has 6 heteroatoms. The highest BCUT2D eigenvalue weighted by atomic mass is 16.4. The van der Waals surface area contributed by atoms with Gasteiger partial charge in [-0.05, 0) is 72.2 Å². The van der Waals surface area contributed by atoms with Crippen LogP contribution in [0.3, 0.4) is 0 Å². The number of carboxylic acid groups (broad SMARTS) is 1. The fourth-order valence-electron chi connectivity index (χ4n) is 3.87. The van der Waals surface area contributed by atoms with E-state index in [0.717, 1.165) is 22.2 Å². The van der Waals surface area contributed by atoms with Crippen LogP contribution in [-0.2, 0) is 4.79 Å². The fraction of sp³-hybridized carbons (Fsp3) is 0.0741. The van der Waals surface area contributed by atoms with Gasteiger partial charge in [0.05, 0.1) is 5.97 Å². The van der Waals surface area contributed by atoms with Crippen LogP contribution < -0.4 is 10.4 Å². The van der Waals surface area contributed by atoms with E-state index in [1.807, 2.05) is 66.9 Å². The highest BCUT2D eigenvalue weighted by molar-refractivity contribution is 6.10. The quantitative estimate of drug-likeness (QED) is 0.377. The van der Waals surface area contributed by atoms with Crippen LogP contribution in [0.15, 0.2) is 78.4 Å². The van der Waals surface area contributed by atoms with E-state index in [1.165, 1.54) is 18.2 Å². The molecule has 4 rings (SSSR count). The number of anilines is 1. The molecule has 0 saturated carbocycles. The highest BCUT2D eigenvalue weighted by Crippen LogP contribution is 2.24. The molecule has 33 heavy (non-hydrogen) atoms. The highest BCUT2D eigenvalue weighted by Gasteiger charge is 2.14. The van der Waals surface area contributed by atoms with Crippen molar-refractivity contribution in [3.05, 3.63) is 101 Å². The molecule has 0 spiro atoms. The average molecular weight is 434 g/mol. The Morgan fingerprint density at radius 1 is 0.970 bits per heavy atom. The smallest absolute Gasteiger partial charge is 0.266 e. The van der Waals surface area contributed by atoms with Gasteiger partial charge in [-0.2, -0.15) is 5.26 Å². The van der Waals surface area contributed by atoms with E-state index >= 15 is 0 Å². The predicted molar refractivity (Wildman–Crippen MR) is 126 cm³/mol. The van der Waals surface area contributed by atoms with Crippen LogP contribution in [0.2, 0.25) is 0 Å². The second kappa shape index (κ2) is 8.85. The molecule has 4 aromatic rings. The Bertz CT molecular complexity index is 1470. The lowest BCUT2D eigenvalue weighted by Crippen LogP contribution is -2.22. The molecule has 0 radical (unpaired) electrons. The number of aromatic carboxylic acids is 1. The maximum Gasteiger partial charge on any atom is 0.266 e. The summed E-state index contributed by atoms with van der Waals surface area (Å²) in [6.45, 7) is 3.72. The van der Waals surface area contributed by atoms with Crippen molar-refractivity contribution in [1.82, 2.24) is 4.57 Å². The third-order valence-corrected chi connectivity index (χ3v) is 5.48. The molecule has 0 fully saturated rings. The van der Waals surface area contributed by atoms with Crippen LogP contribution in [-0.4, -0.2) is 16.4 Å². The Morgan fingerprint density at radius 2 is 1.73 bits per heavy atom. The molecule has 1 heterocycles. The molecule has 1 amide bonds. The van der Waals surface area contributed by atoms with Crippen LogP contribution in [0, 0.1) is 25.2 Å². The number of aryl methyl sites for hydroxylation is 1. The second-order valence-electron chi connectivity index (χ2n) is 7.69. The largest absolute Gasteiger partial charge is 0.545 e. The molecular formula is C27H20N3O3-. The van der Waals surface area contributed by atoms with E-state index in [0.29, 0.717) is 16.9 Å². The van der Waals surface area contributed by atoms with Crippen molar-refractivity contribution in [2.75, 3.05) is 5.32 Å². The summed E-state index contributed by atoms with van der Waals surface area (Å²) in [7, 11) is 0. The molecule has 162 valence electrons. The molecule has 1 N–H and O–H groups in total. The molecule has 0 aliphatic heterocycles. The van der Waals surface area contributed by atoms with Gasteiger partial charge in [0.15, 0.2) is 0 Å². The number of fused-ring (bicyclic) bond motifs is 1. The fourth-order valence-corrected chi connectivity index (χ4v) is 3.87. The van der Waals surface area contributed by atoms with Gasteiger partial charge in [0.1, 0.15) is 11.6 Å². The maximum atomic E-state index is 12.8. The molecule has 0 unspecified atom stereocenters. The van der Waals surface area contributed by atoms with E-state index < -0.39 is 11.9 Å². The van der Waals surface area contributed by atoms with Gasteiger partial charge in [-0.3, -0.25) is 4.79 Å². The minimum atomic E-state index is -1.25. The first-order valence-electron chi connectivity index (χ1n) is 10.3. The van der Waals surface area contributed by atoms with Crippen molar-refractivity contribution in [3.63, 3.8) is 0 Å². The molecule has 0 atom stereocenters. The summed E-state index contributed by atoms with van der Waals surface area (Å²) in [5.41, 5.74) is 3.60. The summed E-state index contributed by atoms with van der Waals surface area (Å²) >= 11 is 0. The lowest BCUT2D eigenvalue weighted by Gasteiger charge is -2.12. The minimum absolute atomic E-state index is 0.0353. The number of nitrogens with zero attached hydrogens (tertiary/aromatic N) is 2.